The van der Waals surface area contributed by atoms with Crippen LogP contribution in [0.4, 0.5) is 0 Å². The van der Waals surface area contributed by atoms with Gasteiger partial charge in [0.25, 0.3) is 0 Å². The number of aromatic nitrogens is 1. The fourth-order valence-corrected chi connectivity index (χ4v) is 2.56. The highest BCUT2D eigenvalue weighted by atomic mass is 16.7. The molecule has 0 bridgehead atoms. The maximum atomic E-state index is 5.96. The standard InChI is InChI=1S/C17H22BNO2/c1-16(2)17(3,4)21-18(20-16)10-8-13-6-7-15-14(12-13)9-11-19(15)5/h6-12H,1-5H3. The smallest absolute Gasteiger partial charge is 0.400 e. The van der Waals surface area contributed by atoms with E-state index in [9.17, 15) is 0 Å². The number of hydrogen-bond donors (Lipinski definition) is 0. The molecule has 3 rings (SSSR count). The lowest BCUT2D eigenvalue weighted by molar-refractivity contribution is 0.00578. The molecule has 1 saturated heterocycles. The first-order valence-corrected chi connectivity index (χ1v) is 7.37. The van der Waals surface area contributed by atoms with Crippen molar-refractivity contribution in [2.45, 2.75) is 38.9 Å². The molecule has 21 heavy (non-hydrogen) atoms. The summed E-state index contributed by atoms with van der Waals surface area (Å²) < 4.78 is 14.1. The molecule has 0 spiro atoms. The second-order valence-electron chi connectivity index (χ2n) is 6.73. The Kier molecular flexibility index (Phi) is 3.26. The van der Waals surface area contributed by atoms with Gasteiger partial charge in [-0.1, -0.05) is 18.1 Å². The lowest BCUT2D eigenvalue weighted by Crippen LogP contribution is -2.41. The third-order valence-electron chi connectivity index (χ3n) is 4.63. The normalized spacial score (nSPS) is 20.7. The minimum atomic E-state index is -0.290. The minimum Gasteiger partial charge on any atom is -0.400 e. The van der Waals surface area contributed by atoms with Crippen LogP contribution < -0.4 is 0 Å². The second-order valence-corrected chi connectivity index (χ2v) is 6.73. The van der Waals surface area contributed by atoms with E-state index in [-0.39, 0.29) is 18.3 Å². The topological polar surface area (TPSA) is 23.4 Å². The number of hydrogen-bond acceptors (Lipinski definition) is 2. The third-order valence-corrected chi connectivity index (χ3v) is 4.63. The van der Waals surface area contributed by atoms with Gasteiger partial charge in [-0.05, 0) is 51.5 Å². The van der Waals surface area contributed by atoms with Crippen LogP contribution in [0, 0.1) is 0 Å². The number of aryl methyl sites for hydroxylation is 1. The van der Waals surface area contributed by atoms with Gasteiger partial charge in [0.2, 0.25) is 0 Å². The molecule has 2 heterocycles. The van der Waals surface area contributed by atoms with Gasteiger partial charge in [-0.2, -0.15) is 0 Å². The van der Waals surface area contributed by atoms with Gasteiger partial charge in [-0.15, -0.1) is 0 Å². The number of benzene rings is 1. The molecular weight excluding hydrogens is 261 g/mol. The summed E-state index contributed by atoms with van der Waals surface area (Å²) in [5.41, 5.74) is 1.82. The first-order valence-electron chi connectivity index (χ1n) is 7.37. The fourth-order valence-electron chi connectivity index (χ4n) is 2.56. The van der Waals surface area contributed by atoms with Crippen molar-refractivity contribution in [3.8, 4) is 0 Å². The largest absolute Gasteiger partial charge is 0.487 e. The Bertz CT molecular complexity index is 684. The zero-order valence-electron chi connectivity index (χ0n) is 13.4. The summed E-state index contributed by atoms with van der Waals surface area (Å²) in [6, 6.07) is 8.56. The Morgan fingerprint density at radius 3 is 2.38 bits per heavy atom. The van der Waals surface area contributed by atoms with Gasteiger partial charge in [-0.3, -0.25) is 0 Å². The summed E-state index contributed by atoms with van der Waals surface area (Å²) in [5.74, 6) is 1.99. The fraction of sp³-hybridized carbons (Fsp3) is 0.412. The van der Waals surface area contributed by atoms with Gasteiger partial charge in [-0.25, -0.2) is 0 Å². The van der Waals surface area contributed by atoms with Crippen molar-refractivity contribution < 1.29 is 9.31 Å². The molecule has 1 aliphatic rings. The SMILES string of the molecule is Cn1ccc2cc(C=CB3OC(C)(C)C(C)(C)O3)ccc21. The summed E-state index contributed by atoms with van der Waals surface area (Å²) in [4.78, 5) is 0. The molecule has 1 aromatic carbocycles. The molecule has 1 aliphatic heterocycles. The second kappa shape index (κ2) is 4.75. The van der Waals surface area contributed by atoms with Crippen LogP contribution >= 0.6 is 0 Å². The summed E-state index contributed by atoms with van der Waals surface area (Å²) in [5, 5.41) is 1.24. The minimum absolute atomic E-state index is 0.286. The summed E-state index contributed by atoms with van der Waals surface area (Å²) in [7, 11) is 1.77. The number of rotatable bonds is 2. The first kappa shape index (κ1) is 14.4. The maximum absolute atomic E-state index is 5.96. The van der Waals surface area contributed by atoms with Crippen LogP contribution in [0.25, 0.3) is 17.0 Å². The summed E-state index contributed by atoms with van der Waals surface area (Å²) in [6.07, 6.45) is 4.14. The molecule has 110 valence electrons. The van der Waals surface area contributed by atoms with Crippen LogP contribution in [0.5, 0.6) is 0 Å². The summed E-state index contributed by atoms with van der Waals surface area (Å²) in [6.45, 7) is 8.27. The zero-order valence-corrected chi connectivity index (χ0v) is 13.4. The molecule has 0 atom stereocenters. The van der Waals surface area contributed by atoms with Crippen LogP contribution in [-0.4, -0.2) is 22.9 Å². The molecule has 0 N–H and O–H groups in total. The van der Waals surface area contributed by atoms with Gasteiger partial charge in [0.15, 0.2) is 0 Å². The Balaban J connectivity index is 1.79. The molecule has 1 fully saturated rings. The van der Waals surface area contributed by atoms with Crippen LogP contribution in [0.15, 0.2) is 36.4 Å². The van der Waals surface area contributed by atoms with Crippen molar-refractivity contribution in [1.29, 1.82) is 0 Å². The average Bonchev–Trinajstić information content (AvgIpc) is 2.85. The van der Waals surface area contributed by atoms with E-state index in [1.807, 2.05) is 5.98 Å². The Morgan fingerprint density at radius 1 is 1.05 bits per heavy atom. The van der Waals surface area contributed by atoms with Crippen molar-refractivity contribution >= 4 is 24.1 Å². The highest BCUT2D eigenvalue weighted by Gasteiger charge is 2.49. The molecule has 0 aliphatic carbocycles. The Hall–Kier alpha value is -1.52. The molecule has 0 unspecified atom stereocenters. The number of fused-ring (bicyclic) bond motifs is 1. The van der Waals surface area contributed by atoms with Crippen molar-refractivity contribution in [3.63, 3.8) is 0 Å². The highest BCUT2D eigenvalue weighted by molar-refractivity contribution is 6.52. The summed E-state index contributed by atoms with van der Waals surface area (Å²) >= 11 is 0. The van der Waals surface area contributed by atoms with Crippen LogP contribution in [0.1, 0.15) is 33.3 Å². The van der Waals surface area contributed by atoms with E-state index in [0.29, 0.717) is 0 Å². The monoisotopic (exact) mass is 283 g/mol. The molecule has 0 saturated carbocycles. The van der Waals surface area contributed by atoms with E-state index >= 15 is 0 Å². The van der Waals surface area contributed by atoms with Crippen LogP contribution in [0.3, 0.4) is 0 Å². The Morgan fingerprint density at radius 2 is 1.71 bits per heavy atom. The van der Waals surface area contributed by atoms with Crippen molar-refractivity contribution in [2.75, 3.05) is 0 Å². The van der Waals surface area contributed by atoms with E-state index in [1.54, 1.807) is 0 Å². The van der Waals surface area contributed by atoms with Gasteiger partial charge >= 0.3 is 7.12 Å². The van der Waals surface area contributed by atoms with Crippen LogP contribution in [0.2, 0.25) is 0 Å². The Labute approximate surface area is 126 Å². The molecule has 3 nitrogen and oxygen atoms in total. The van der Waals surface area contributed by atoms with Crippen molar-refractivity contribution in [1.82, 2.24) is 4.57 Å². The van der Waals surface area contributed by atoms with E-state index in [0.717, 1.165) is 5.56 Å². The predicted molar refractivity (Wildman–Crippen MR) is 88.0 cm³/mol. The van der Waals surface area contributed by atoms with E-state index in [2.05, 4.69) is 75.8 Å². The quantitative estimate of drug-likeness (QED) is 0.782. The maximum Gasteiger partial charge on any atom is 0.487 e. The molecule has 0 amide bonds. The van der Waals surface area contributed by atoms with Gasteiger partial charge < -0.3 is 13.9 Å². The molecular formula is C17H22BNO2. The number of nitrogens with zero attached hydrogens (tertiary/aromatic N) is 1. The average molecular weight is 283 g/mol. The molecule has 4 heteroatoms. The van der Waals surface area contributed by atoms with Crippen molar-refractivity contribution in [2.24, 2.45) is 7.05 Å². The van der Waals surface area contributed by atoms with Gasteiger partial charge in [0.1, 0.15) is 0 Å². The lowest BCUT2D eigenvalue weighted by atomic mass is 9.89. The zero-order chi connectivity index (χ0) is 15.3. The van der Waals surface area contributed by atoms with Gasteiger partial charge in [0.05, 0.1) is 11.2 Å². The third kappa shape index (κ3) is 2.54. The highest BCUT2D eigenvalue weighted by Crippen LogP contribution is 2.37. The molecule has 0 radical (unpaired) electrons. The molecule has 1 aromatic heterocycles. The van der Waals surface area contributed by atoms with E-state index < -0.39 is 0 Å². The van der Waals surface area contributed by atoms with E-state index in [4.69, 9.17) is 9.31 Å². The first-order chi connectivity index (χ1) is 9.78. The molecule has 2 aromatic rings. The lowest BCUT2D eigenvalue weighted by Gasteiger charge is -2.32. The van der Waals surface area contributed by atoms with Crippen molar-refractivity contribution in [3.05, 3.63) is 42.0 Å². The van der Waals surface area contributed by atoms with Crippen LogP contribution in [-0.2, 0) is 16.4 Å². The van der Waals surface area contributed by atoms with Gasteiger partial charge in [0, 0.05) is 24.1 Å². The van der Waals surface area contributed by atoms with E-state index in [1.165, 1.54) is 10.9 Å². The predicted octanol–water partition coefficient (Wildman–Crippen LogP) is 3.82.